The highest BCUT2D eigenvalue weighted by Gasteiger charge is 2.16. The number of hydrogen-bond acceptors (Lipinski definition) is 5. The van der Waals surface area contributed by atoms with Crippen molar-refractivity contribution >= 4 is 11.7 Å². The van der Waals surface area contributed by atoms with Gasteiger partial charge in [0.05, 0.1) is 12.4 Å². The van der Waals surface area contributed by atoms with Crippen molar-refractivity contribution in [1.82, 2.24) is 19.9 Å². The molecule has 0 aliphatic heterocycles. The number of anilines is 1. The number of aromatic nitrogens is 3. The molecule has 0 aliphatic rings. The zero-order valence-electron chi connectivity index (χ0n) is 12.3. The average molecular weight is 285 g/mol. The molecule has 2 aromatic heterocycles. The Morgan fingerprint density at radius 3 is 2.62 bits per heavy atom. The van der Waals surface area contributed by atoms with Crippen LogP contribution in [-0.2, 0) is 6.54 Å². The molecule has 0 aliphatic carbocycles. The van der Waals surface area contributed by atoms with E-state index in [0.29, 0.717) is 24.6 Å². The Labute approximate surface area is 124 Å². The van der Waals surface area contributed by atoms with Gasteiger partial charge in [0.15, 0.2) is 0 Å². The minimum atomic E-state index is -0.124. The zero-order valence-corrected chi connectivity index (χ0v) is 12.3. The molecular weight excluding hydrogens is 266 g/mol. The Morgan fingerprint density at radius 1 is 1.19 bits per heavy atom. The molecule has 0 radical (unpaired) electrons. The number of rotatable bonds is 6. The molecule has 1 amide bonds. The monoisotopic (exact) mass is 285 g/mol. The standard InChI is InChI=1S/C15H19N5O/c1-3-18-14-10-17-9-13(19-14)15(21)20(4-2)11-12-5-7-16-8-6-12/h5-10H,3-4,11H2,1-2H3,(H,18,19). The van der Waals surface area contributed by atoms with E-state index in [-0.39, 0.29) is 5.91 Å². The molecule has 6 heteroatoms. The fourth-order valence-corrected chi connectivity index (χ4v) is 1.93. The lowest BCUT2D eigenvalue weighted by Gasteiger charge is -2.20. The van der Waals surface area contributed by atoms with Crippen molar-refractivity contribution < 1.29 is 4.79 Å². The SMILES string of the molecule is CCNc1cncc(C(=O)N(CC)Cc2ccncc2)n1. The molecule has 0 bridgehead atoms. The fourth-order valence-electron chi connectivity index (χ4n) is 1.93. The Morgan fingerprint density at radius 2 is 1.95 bits per heavy atom. The highest BCUT2D eigenvalue weighted by atomic mass is 16.2. The van der Waals surface area contributed by atoms with Gasteiger partial charge in [0.1, 0.15) is 11.5 Å². The minimum Gasteiger partial charge on any atom is -0.369 e. The molecule has 2 aromatic rings. The van der Waals surface area contributed by atoms with Crippen molar-refractivity contribution in [2.45, 2.75) is 20.4 Å². The van der Waals surface area contributed by atoms with Crippen molar-refractivity contribution in [1.29, 1.82) is 0 Å². The van der Waals surface area contributed by atoms with Gasteiger partial charge in [-0.25, -0.2) is 4.98 Å². The van der Waals surface area contributed by atoms with Gasteiger partial charge >= 0.3 is 0 Å². The van der Waals surface area contributed by atoms with Gasteiger partial charge in [-0.1, -0.05) is 0 Å². The molecule has 0 saturated heterocycles. The van der Waals surface area contributed by atoms with Crippen LogP contribution in [0.5, 0.6) is 0 Å². The third kappa shape index (κ3) is 3.98. The predicted molar refractivity (Wildman–Crippen MR) is 80.8 cm³/mol. The summed E-state index contributed by atoms with van der Waals surface area (Å²) < 4.78 is 0. The number of nitrogens with one attached hydrogen (secondary N) is 1. The van der Waals surface area contributed by atoms with E-state index in [2.05, 4.69) is 20.3 Å². The van der Waals surface area contributed by atoms with Gasteiger partial charge < -0.3 is 10.2 Å². The van der Waals surface area contributed by atoms with Gasteiger partial charge in [-0.2, -0.15) is 0 Å². The second-order valence-corrected chi connectivity index (χ2v) is 4.49. The largest absolute Gasteiger partial charge is 0.369 e. The number of pyridine rings is 1. The highest BCUT2D eigenvalue weighted by Crippen LogP contribution is 2.09. The van der Waals surface area contributed by atoms with E-state index in [1.807, 2.05) is 26.0 Å². The lowest BCUT2D eigenvalue weighted by atomic mass is 10.2. The fraction of sp³-hybridized carbons (Fsp3) is 0.333. The number of hydrogen-bond donors (Lipinski definition) is 1. The molecule has 0 fully saturated rings. The summed E-state index contributed by atoms with van der Waals surface area (Å²) >= 11 is 0. The summed E-state index contributed by atoms with van der Waals surface area (Å²) in [5.41, 5.74) is 1.39. The van der Waals surface area contributed by atoms with Gasteiger partial charge in [0.25, 0.3) is 5.91 Å². The lowest BCUT2D eigenvalue weighted by molar-refractivity contribution is 0.0746. The van der Waals surface area contributed by atoms with E-state index in [0.717, 1.165) is 12.1 Å². The van der Waals surface area contributed by atoms with E-state index in [1.165, 1.54) is 6.20 Å². The summed E-state index contributed by atoms with van der Waals surface area (Å²) in [6.45, 7) is 5.79. The van der Waals surface area contributed by atoms with Crippen molar-refractivity contribution in [2.75, 3.05) is 18.4 Å². The quantitative estimate of drug-likeness (QED) is 0.878. The molecular formula is C15H19N5O. The minimum absolute atomic E-state index is 0.124. The molecule has 6 nitrogen and oxygen atoms in total. The van der Waals surface area contributed by atoms with Gasteiger partial charge in [-0.3, -0.25) is 14.8 Å². The molecule has 21 heavy (non-hydrogen) atoms. The number of amides is 1. The number of nitrogens with zero attached hydrogens (tertiary/aromatic N) is 4. The van der Waals surface area contributed by atoms with Crippen LogP contribution in [0.3, 0.4) is 0 Å². The molecule has 0 aromatic carbocycles. The first kappa shape index (κ1) is 14.9. The topological polar surface area (TPSA) is 71.0 Å². The maximum atomic E-state index is 12.5. The average Bonchev–Trinajstić information content (AvgIpc) is 2.53. The second-order valence-electron chi connectivity index (χ2n) is 4.49. The molecule has 2 rings (SSSR count). The van der Waals surface area contributed by atoms with Crippen LogP contribution < -0.4 is 5.32 Å². The van der Waals surface area contributed by atoms with E-state index < -0.39 is 0 Å². The molecule has 1 N–H and O–H groups in total. The van der Waals surface area contributed by atoms with E-state index in [1.54, 1.807) is 23.5 Å². The van der Waals surface area contributed by atoms with E-state index in [4.69, 9.17) is 0 Å². The molecule has 110 valence electrons. The first-order chi connectivity index (χ1) is 10.2. The maximum absolute atomic E-state index is 12.5. The Bertz CT molecular complexity index is 588. The van der Waals surface area contributed by atoms with Crippen LogP contribution in [0.1, 0.15) is 29.9 Å². The van der Waals surface area contributed by atoms with Crippen molar-refractivity contribution in [3.8, 4) is 0 Å². The van der Waals surface area contributed by atoms with Crippen LogP contribution in [-0.4, -0.2) is 38.8 Å². The summed E-state index contributed by atoms with van der Waals surface area (Å²) in [5.74, 6) is 0.491. The Hall–Kier alpha value is -2.50. The van der Waals surface area contributed by atoms with Gasteiger partial charge in [0, 0.05) is 32.0 Å². The van der Waals surface area contributed by atoms with E-state index >= 15 is 0 Å². The third-order valence-corrected chi connectivity index (χ3v) is 3.00. The third-order valence-electron chi connectivity index (χ3n) is 3.00. The highest BCUT2D eigenvalue weighted by molar-refractivity contribution is 5.92. The van der Waals surface area contributed by atoms with E-state index in [9.17, 15) is 4.79 Å². The smallest absolute Gasteiger partial charge is 0.274 e. The van der Waals surface area contributed by atoms with Crippen LogP contribution in [0.2, 0.25) is 0 Å². The Balaban J connectivity index is 2.14. The molecule has 0 spiro atoms. The van der Waals surface area contributed by atoms with Gasteiger partial charge in [-0.15, -0.1) is 0 Å². The van der Waals surface area contributed by atoms with Gasteiger partial charge in [0.2, 0.25) is 0 Å². The van der Waals surface area contributed by atoms with Crippen molar-refractivity contribution in [2.24, 2.45) is 0 Å². The van der Waals surface area contributed by atoms with Crippen LogP contribution in [0.25, 0.3) is 0 Å². The molecule has 0 saturated carbocycles. The van der Waals surface area contributed by atoms with Crippen LogP contribution in [0.15, 0.2) is 36.9 Å². The number of carbonyl (C=O) groups is 1. The van der Waals surface area contributed by atoms with Crippen LogP contribution in [0, 0.1) is 0 Å². The van der Waals surface area contributed by atoms with Crippen molar-refractivity contribution in [3.63, 3.8) is 0 Å². The Kier molecular flexibility index (Phi) is 5.20. The predicted octanol–water partition coefficient (Wildman–Crippen LogP) is 1.97. The van der Waals surface area contributed by atoms with Gasteiger partial charge in [-0.05, 0) is 31.5 Å². The summed E-state index contributed by atoms with van der Waals surface area (Å²) in [6, 6.07) is 3.80. The molecule has 0 unspecified atom stereocenters. The lowest BCUT2D eigenvalue weighted by Crippen LogP contribution is -2.31. The normalized spacial score (nSPS) is 10.2. The molecule has 0 atom stereocenters. The first-order valence-corrected chi connectivity index (χ1v) is 6.98. The maximum Gasteiger partial charge on any atom is 0.274 e. The first-order valence-electron chi connectivity index (χ1n) is 6.98. The summed E-state index contributed by atoms with van der Waals surface area (Å²) in [7, 11) is 0. The second kappa shape index (κ2) is 7.33. The zero-order chi connectivity index (χ0) is 15.1. The van der Waals surface area contributed by atoms with Crippen LogP contribution >= 0.6 is 0 Å². The van der Waals surface area contributed by atoms with Crippen molar-refractivity contribution in [3.05, 3.63) is 48.2 Å². The van der Waals surface area contributed by atoms with Crippen LogP contribution in [0.4, 0.5) is 5.82 Å². The summed E-state index contributed by atoms with van der Waals surface area (Å²) in [6.07, 6.45) is 6.55. The summed E-state index contributed by atoms with van der Waals surface area (Å²) in [4.78, 5) is 26.6. The summed E-state index contributed by atoms with van der Waals surface area (Å²) in [5, 5.41) is 3.06. The number of carbonyl (C=O) groups excluding carboxylic acids is 1. The molecule has 2 heterocycles.